The molecule has 0 bridgehead atoms. The van der Waals surface area contributed by atoms with Gasteiger partial charge in [-0.15, -0.1) is 0 Å². The van der Waals surface area contributed by atoms with Gasteiger partial charge in [0.15, 0.2) is 5.84 Å². The molecule has 6 nitrogen and oxygen atoms in total. The van der Waals surface area contributed by atoms with Crippen LogP contribution in [0.2, 0.25) is 0 Å². The van der Waals surface area contributed by atoms with Crippen molar-refractivity contribution in [2.75, 3.05) is 0 Å². The summed E-state index contributed by atoms with van der Waals surface area (Å²) in [6.45, 7) is 3.70. The fraction of sp³-hybridized carbons (Fsp3) is 0.182. The zero-order chi connectivity index (χ0) is 13.1. The molecule has 0 amide bonds. The Morgan fingerprint density at radius 1 is 1.33 bits per heavy atom. The largest absolute Gasteiger partial charge is 0.439 e. The zero-order valence-electron chi connectivity index (χ0n) is 9.91. The Morgan fingerprint density at radius 3 is 2.72 bits per heavy atom. The highest BCUT2D eigenvalue weighted by molar-refractivity contribution is 7.99. The first-order valence-corrected chi connectivity index (χ1v) is 5.97. The van der Waals surface area contributed by atoms with Gasteiger partial charge in [-0.05, 0) is 37.7 Å². The monoisotopic (exact) mass is 264 g/mol. The van der Waals surface area contributed by atoms with E-state index in [9.17, 15) is 0 Å². The average molecular weight is 264 g/mol. The van der Waals surface area contributed by atoms with Crippen LogP contribution in [-0.4, -0.2) is 21.0 Å². The third-order valence-electron chi connectivity index (χ3n) is 2.17. The maximum atomic E-state index is 8.74. The fourth-order valence-corrected chi connectivity index (χ4v) is 2.24. The Morgan fingerprint density at radius 2 is 2.11 bits per heavy atom. The van der Waals surface area contributed by atoms with Crippen LogP contribution in [0.3, 0.4) is 0 Å². The molecule has 18 heavy (non-hydrogen) atoms. The average Bonchev–Trinajstić information content (AvgIpc) is 2.74. The molecule has 0 atom stereocenters. The molecule has 0 spiro atoms. The lowest BCUT2D eigenvalue weighted by Crippen LogP contribution is -2.15. The predicted octanol–water partition coefficient (Wildman–Crippen LogP) is 1.93. The molecule has 0 saturated heterocycles. The summed E-state index contributed by atoms with van der Waals surface area (Å²) in [7, 11) is 0. The number of hydrogen-bond donors (Lipinski definition) is 2. The van der Waals surface area contributed by atoms with Crippen molar-refractivity contribution in [3.8, 4) is 0 Å². The number of oxime groups is 1. The summed E-state index contributed by atoms with van der Waals surface area (Å²) in [5.74, 6) is 0.00766. The smallest absolute Gasteiger partial charge is 0.262 e. The second-order valence-electron chi connectivity index (χ2n) is 3.65. The van der Waals surface area contributed by atoms with E-state index in [1.54, 1.807) is 18.4 Å². The highest BCUT2D eigenvalue weighted by Crippen LogP contribution is 2.28. The number of nitrogens with zero attached hydrogens (tertiary/aromatic N) is 3. The van der Waals surface area contributed by atoms with Gasteiger partial charge < -0.3 is 15.4 Å². The predicted molar refractivity (Wildman–Crippen MR) is 66.8 cm³/mol. The Bertz CT molecular complexity index is 594. The normalized spacial score (nSPS) is 11.8. The number of nitrogens with two attached hydrogens (primary N) is 1. The minimum Gasteiger partial charge on any atom is -0.439 e. The lowest BCUT2D eigenvalue weighted by molar-refractivity contribution is 0.318. The lowest BCUT2D eigenvalue weighted by atomic mass is 10.2. The van der Waals surface area contributed by atoms with Crippen LogP contribution in [0.5, 0.6) is 0 Å². The van der Waals surface area contributed by atoms with Gasteiger partial charge in [0.25, 0.3) is 5.22 Å². The third-order valence-corrected chi connectivity index (χ3v) is 3.03. The topological polar surface area (TPSA) is 97.5 Å². The summed E-state index contributed by atoms with van der Waals surface area (Å²) in [5.41, 5.74) is 7.76. The number of pyridine rings is 1. The van der Waals surface area contributed by atoms with Crippen molar-refractivity contribution in [1.29, 1.82) is 0 Å². The summed E-state index contributed by atoms with van der Waals surface area (Å²) in [4.78, 5) is 8.51. The SMILES string of the molecule is Cc1coc(Sc2nc(C)ccc2/C(N)=N/O)n1. The molecule has 0 saturated carbocycles. The molecule has 2 heterocycles. The van der Waals surface area contributed by atoms with Crippen LogP contribution in [0.1, 0.15) is 17.0 Å². The van der Waals surface area contributed by atoms with Gasteiger partial charge in [0.1, 0.15) is 11.3 Å². The molecule has 0 aliphatic heterocycles. The molecule has 0 fully saturated rings. The quantitative estimate of drug-likeness (QED) is 0.380. The molecule has 0 unspecified atom stereocenters. The standard InChI is InChI=1S/C11H12N4O2S/c1-6-3-4-8(9(12)15-16)10(13-6)18-11-14-7(2)5-17-11/h3-5,16H,1-2H3,(H2,12,15). The van der Waals surface area contributed by atoms with Crippen molar-refractivity contribution < 1.29 is 9.62 Å². The third kappa shape index (κ3) is 2.62. The van der Waals surface area contributed by atoms with Crippen LogP contribution < -0.4 is 5.73 Å². The first kappa shape index (κ1) is 12.4. The van der Waals surface area contributed by atoms with Gasteiger partial charge in [0.2, 0.25) is 0 Å². The number of aryl methyl sites for hydroxylation is 2. The van der Waals surface area contributed by atoms with E-state index in [1.165, 1.54) is 11.8 Å². The molecule has 0 aromatic carbocycles. The van der Waals surface area contributed by atoms with E-state index in [1.807, 2.05) is 13.8 Å². The maximum absolute atomic E-state index is 8.74. The van der Waals surface area contributed by atoms with E-state index in [0.717, 1.165) is 11.4 Å². The van der Waals surface area contributed by atoms with Gasteiger partial charge in [-0.25, -0.2) is 9.97 Å². The first-order valence-electron chi connectivity index (χ1n) is 5.15. The highest BCUT2D eigenvalue weighted by Gasteiger charge is 2.13. The molecule has 0 aliphatic rings. The van der Waals surface area contributed by atoms with E-state index < -0.39 is 0 Å². The number of hydrogen-bond acceptors (Lipinski definition) is 6. The van der Waals surface area contributed by atoms with Crippen LogP contribution in [0, 0.1) is 13.8 Å². The zero-order valence-corrected chi connectivity index (χ0v) is 10.7. The van der Waals surface area contributed by atoms with E-state index >= 15 is 0 Å². The highest BCUT2D eigenvalue weighted by atomic mass is 32.2. The van der Waals surface area contributed by atoms with Crippen molar-refractivity contribution in [1.82, 2.24) is 9.97 Å². The molecule has 2 rings (SSSR count). The minimum absolute atomic E-state index is 0.00766. The summed E-state index contributed by atoms with van der Waals surface area (Å²) >= 11 is 1.23. The molecular formula is C11H12N4O2S. The van der Waals surface area contributed by atoms with Crippen molar-refractivity contribution in [3.05, 3.63) is 35.3 Å². The van der Waals surface area contributed by atoms with E-state index in [2.05, 4.69) is 15.1 Å². The molecule has 94 valence electrons. The second kappa shape index (κ2) is 5.09. The van der Waals surface area contributed by atoms with Crippen molar-refractivity contribution in [3.63, 3.8) is 0 Å². The van der Waals surface area contributed by atoms with E-state index in [4.69, 9.17) is 15.4 Å². The lowest BCUT2D eigenvalue weighted by Gasteiger charge is -2.05. The molecule has 0 radical (unpaired) electrons. The van der Waals surface area contributed by atoms with E-state index in [-0.39, 0.29) is 5.84 Å². The van der Waals surface area contributed by atoms with Crippen molar-refractivity contribution >= 4 is 17.6 Å². The van der Waals surface area contributed by atoms with Crippen LogP contribution >= 0.6 is 11.8 Å². The minimum atomic E-state index is 0.00766. The van der Waals surface area contributed by atoms with Crippen LogP contribution in [0.15, 0.2) is 38.2 Å². The summed E-state index contributed by atoms with van der Waals surface area (Å²) in [6.07, 6.45) is 1.56. The number of amidine groups is 1. The summed E-state index contributed by atoms with van der Waals surface area (Å²) in [6, 6.07) is 3.54. The Hall–Kier alpha value is -2.02. The molecule has 0 aliphatic carbocycles. The van der Waals surface area contributed by atoms with Gasteiger partial charge >= 0.3 is 0 Å². The molecule has 2 aromatic heterocycles. The van der Waals surface area contributed by atoms with Crippen LogP contribution in [0.25, 0.3) is 0 Å². The molecule has 2 aromatic rings. The van der Waals surface area contributed by atoms with Crippen LogP contribution in [0.4, 0.5) is 0 Å². The van der Waals surface area contributed by atoms with Gasteiger partial charge in [-0.1, -0.05) is 5.16 Å². The van der Waals surface area contributed by atoms with Gasteiger partial charge in [0.05, 0.1) is 11.3 Å². The number of rotatable bonds is 3. The van der Waals surface area contributed by atoms with Crippen LogP contribution in [-0.2, 0) is 0 Å². The van der Waals surface area contributed by atoms with Gasteiger partial charge in [-0.3, -0.25) is 0 Å². The molecule has 7 heteroatoms. The van der Waals surface area contributed by atoms with E-state index in [0.29, 0.717) is 15.8 Å². The number of oxazole rings is 1. The second-order valence-corrected chi connectivity index (χ2v) is 4.59. The maximum Gasteiger partial charge on any atom is 0.262 e. The van der Waals surface area contributed by atoms with Crippen molar-refractivity contribution in [2.24, 2.45) is 10.9 Å². The summed E-state index contributed by atoms with van der Waals surface area (Å²) < 4.78 is 5.25. The Balaban J connectivity index is 2.39. The molecule has 3 N–H and O–H groups in total. The van der Waals surface area contributed by atoms with Crippen molar-refractivity contribution in [2.45, 2.75) is 24.1 Å². The van der Waals surface area contributed by atoms with Gasteiger partial charge in [0, 0.05) is 5.69 Å². The fourth-order valence-electron chi connectivity index (χ4n) is 1.32. The Labute approximate surface area is 108 Å². The summed E-state index contributed by atoms with van der Waals surface area (Å²) in [5, 5.41) is 12.8. The number of aromatic nitrogens is 2. The molecular weight excluding hydrogens is 252 g/mol. The Kier molecular flexibility index (Phi) is 3.52. The van der Waals surface area contributed by atoms with Gasteiger partial charge in [-0.2, -0.15) is 0 Å². The first-order chi connectivity index (χ1) is 8.60.